The average Bonchev–Trinajstić information content (AvgIpc) is 2.79. The maximum atomic E-state index is 13.1. The van der Waals surface area contributed by atoms with Crippen LogP contribution in [-0.4, -0.2) is 21.1 Å². The summed E-state index contributed by atoms with van der Waals surface area (Å²) in [6.45, 7) is 0. The molecule has 0 atom stereocenters. The Bertz CT molecular complexity index is 1250. The lowest BCUT2D eigenvalue weighted by Gasteiger charge is -2.10. The minimum atomic E-state index is -0.290. The lowest BCUT2D eigenvalue weighted by molar-refractivity contribution is 0.102. The van der Waals surface area contributed by atoms with Gasteiger partial charge in [0.15, 0.2) is 0 Å². The zero-order valence-electron chi connectivity index (χ0n) is 16.2. The Hall–Kier alpha value is -3.78. The number of carbonyl (C=O) groups excluding carboxylic acids is 1. The molecule has 6 nitrogen and oxygen atoms in total. The van der Waals surface area contributed by atoms with Gasteiger partial charge in [0.25, 0.3) is 11.5 Å². The van der Waals surface area contributed by atoms with Crippen molar-refractivity contribution in [3.8, 4) is 11.3 Å². The van der Waals surface area contributed by atoms with Gasteiger partial charge in [0.05, 0.1) is 11.3 Å². The lowest BCUT2D eigenvalue weighted by Crippen LogP contribution is -2.13. The van der Waals surface area contributed by atoms with E-state index in [0.717, 1.165) is 11.1 Å². The first-order chi connectivity index (χ1) is 15.1. The fourth-order valence-electron chi connectivity index (χ4n) is 2.87. The summed E-state index contributed by atoms with van der Waals surface area (Å²) >= 11 is 1.41. The zero-order valence-corrected chi connectivity index (χ0v) is 17.0. The van der Waals surface area contributed by atoms with Crippen LogP contribution < -0.4 is 10.9 Å². The fourth-order valence-corrected chi connectivity index (χ4v) is 3.82. The van der Waals surface area contributed by atoms with E-state index in [1.807, 2.05) is 6.07 Å². The van der Waals surface area contributed by atoms with Gasteiger partial charge in [0, 0.05) is 29.3 Å². The number of aromatic nitrogens is 3. The van der Waals surface area contributed by atoms with E-state index in [1.165, 1.54) is 30.0 Å². The van der Waals surface area contributed by atoms with Crippen molar-refractivity contribution >= 4 is 23.4 Å². The van der Waals surface area contributed by atoms with Crippen LogP contribution in [0.1, 0.15) is 15.9 Å². The number of pyridine rings is 1. The number of nitrogens with one attached hydrogen (secondary N) is 2. The summed E-state index contributed by atoms with van der Waals surface area (Å²) in [5.41, 5.74) is 3.04. The van der Waals surface area contributed by atoms with E-state index in [-0.39, 0.29) is 17.3 Å². The van der Waals surface area contributed by atoms with Crippen molar-refractivity contribution in [2.45, 2.75) is 10.8 Å². The van der Waals surface area contributed by atoms with Gasteiger partial charge in [-0.05, 0) is 48.0 Å². The van der Waals surface area contributed by atoms with Crippen LogP contribution in [0.25, 0.3) is 11.3 Å². The van der Waals surface area contributed by atoms with Gasteiger partial charge in [-0.25, -0.2) is 14.5 Å². The maximum Gasteiger partial charge on any atom is 0.264 e. The summed E-state index contributed by atoms with van der Waals surface area (Å²) in [6.07, 6.45) is 1.63. The molecule has 2 heterocycles. The molecule has 0 spiro atoms. The molecule has 0 unspecified atom stereocenters. The predicted molar refractivity (Wildman–Crippen MR) is 118 cm³/mol. The fraction of sp³-hybridized carbons (Fsp3) is 0.0435. The van der Waals surface area contributed by atoms with E-state index < -0.39 is 0 Å². The summed E-state index contributed by atoms with van der Waals surface area (Å²) in [5, 5.41) is 9.88. The summed E-state index contributed by atoms with van der Waals surface area (Å²) in [5.74, 6) is -0.0162. The Morgan fingerprint density at radius 3 is 2.65 bits per heavy atom. The molecule has 0 radical (unpaired) electrons. The second kappa shape index (κ2) is 9.36. The molecular weight excluding hydrogens is 415 g/mol. The minimum Gasteiger partial charge on any atom is -0.322 e. The Balaban J connectivity index is 1.50. The van der Waals surface area contributed by atoms with E-state index in [2.05, 4.69) is 20.5 Å². The summed E-state index contributed by atoms with van der Waals surface area (Å²) in [6, 6.07) is 19.9. The van der Waals surface area contributed by atoms with Gasteiger partial charge in [-0.2, -0.15) is 5.10 Å². The third kappa shape index (κ3) is 5.23. The first kappa shape index (κ1) is 20.5. The van der Waals surface area contributed by atoms with Crippen molar-refractivity contribution in [1.29, 1.82) is 0 Å². The Morgan fingerprint density at radius 2 is 1.87 bits per heavy atom. The van der Waals surface area contributed by atoms with E-state index >= 15 is 0 Å². The van der Waals surface area contributed by atoms with E-state index in [9.17, 15) is 14.0 Å². The minimum absolute atomic E-state index is 0.282. The summed E-state index contributed by atoms with van der Waals surface area (Å²) in [7, 11) is 0. The molecule has 2 N–H and O–H groups in total. The average molecular weight is 432 g/mol. The monoisotopic (exact) mass is 432 g/mol. The Labute approximate surface area is 181 Å². The number of thioether (sulfide) groups is 1. The van der Waals surface area contributed by atoms with Crippen LogP contribution in [0.2, 0.25) is 0 Å². The number of hydrogen-bond donors (Lipinski definition) is 2. The molecule has 154 valence electrons. The number of nitrogens with zero attached hydrogens (tertiary/aromatic N) is 2. The molecule has 2 aromatic carbocycles. The van der Waals surface area contributed by atoms with Crippen LogP contribution in [0.3, 0.4) is 0 Å². The van der Waals surface area contributed by atoms with Gasteiger partial charge < -0.3 is 5.32 Å². The van der Waals surface area contributed by atoms with Gasteiger partial charge in [0.1, 0.15) is 10.8 Å². The third-order valence-electron chi connectivity index (χ3n) is 4.40. The molecule has 0 aliphatic carbocycles. The molecule has 0 bridgehead atoms. The van der Waals surface area contributed by atoms with Crippen molar-refractivity contribution in [2.24, 2.45) is 0 Å². The molecule has 4 aromatic rings. The van der Waals surface area contributed by atoms with Gasteiger partial charge in [-0.3, -0.25) is 9.59 Å². The van der Waals surface area contributed by atoms with Gasteiger partial charge in [-0.1, -0.05) is 24.3 Å². The SMILES string of the molecule is O=C(Nc1cccc(-c2ccc(=O)[nH]n2)c1)c1cccnc1SCc1ccc(F)cc1. The smallest absolute Gasteiger partial charge is 0.264 e. The molecule has 1 amide bonds. The highest BCUT2D eigenvalue weighted by atomic mass is 32.2. The standard InChI is InChI=1S/C23H17FN4O2S/c24-17-8-6-15(7-9-17)14-31-23-19(5-2-12-25-23)22(30)26-18-4-1-3-16(13-18)20-10-11-21(29)28-27-20/h1-13H,14H2,(H,26,30)(H,28,29). The highest BCUT2D eigenvalue weighted by Crippen LogP contribution is 2.26. The highest BCUT2D eigenvalue weighted by Gasteiger charge is 2.14. The van der Waals surface area contributed by atoms with E-state index in [4.69, 9.17) is 0 Å². The molecule has 0 aliphatic heterocycles. The molecule has 8 heteroatoms. The number of carbonyl (C=O) groups is 1. The third-order valence-corrected chi connectivity index (χ3v) is 5.48. The number of amides is 1. The first-order valence-corrected chi connectivity index (χ1v) is 10.4. The number of hydrogen-bond acceptors (Lipinski definition) is 5. The van der Waals surface area contributed by atoms with Crippen LogP contribution in [0.5, 0.6) is 0 Å². The molecule has 0 saturated heterocycles. The molecule has 31 heavy (non-hydrogen) atoms. The first-order valence-electron chi connectivity index (χ1n) is 9.38. The van der Waals surface area contributed by atoms with Crippen LogP contribution in [-0.2, 0) is 5.75 Å². The van der Waals surface area contributed by atoms with Gasteiger partial charge >= 0.3 is 0 Å². The normalized spacial score (nSPS) is 10.6. The van der Waals surface area contributed by atoms with Gasteiger partial charge in [0.2, 0.25) is 0 Å². The number of halogens is 1. The largest absolute Gasteiger partial charge is 0.322 e. The Morgan fingerprint density at radius 1 is 1.03 bits per heavy atom. The van der Waals surface area contributed by atoms with Crippen molar-refractivity contribution in [3.63, 3.8) is 0 Å². The van der Waals surface area contributed by atoms with Crippen molar-refractivity contribution in [1.82, 2.24) is 15.2 Å². The highest BCUT2D eigenvalue weighted by molar-refractivity contribution is 7.98. The number of benzene rings is 2. The number of anilines is 1. The number of H-pyrrole nitrogens is 1. The van der Waals surface area contributed by atoms with E-state index in [1.54, 1.807) is 54.7 Å². The van der Waals surface area contributed by atoms with Crippen molar-refractivity contribution in [3.05, 3.63) is 106 Å². The van der Waals surface area contributed by atoms with Gasteiger partial charge in [-0.15, -0.1) is 11.8 Å². The van der Waals surface area contributed by atoms with Crippen LogP contribution >= 0.6 is 11.8 Å². The second-order valence-corrected chi connectivity index (χ2v) is 7.58. The second-order valence-electron chi connectivity index (χ2n) is 6.61. The van der Waals surface area contributed by atoms with Crippen LogP contribution in [0, 0.1) is 5.82 Å². The summed E-state index contributed by atoms with van der Waals surface area (Å²) < 4.78 is 13.1. The zero-order chi connectivity index (χ0) is 21.6. The maximum absolute atomic E-state index is 13.1. The Kier molecular flexibility index (Phi) is 6.18. The topological polar surface area (TPSA) is 87.7 Å². The molecular formula is C23H17FN4O2S. The predicted octanol–water partition coefficient (Wildman–Crippen LogP) is 4.52. The molecule has 2 aromatic heterocycles. The van der Waals surface area contributed by atoms with Crippen LogP contribution in [0.15, 0.2) is 88.8 Å². The molecule has 0 saturated carbocycles. The molecule has 0 aliphatic rings. The van der Waals surface area contributed by atoms with Crippen molar-refractivity contribution < 1.29 is 9.18 Å². The summed E-state index contributed by atoms with van der Waals surface area (Å²) in [4.78, 5) is 28.5. The van der Waals surface area contributed by atoms with Crippen LogP contribution in [0.4, 0.5) is 10.1 Å². The van der Waals surface area contributed by atoms with Crippen molar-refractivity contribution in [2.75, 3.05) is 5.32 Å². The molecule has 4 rings (SSSR count). The quantitative estimate of drug-likeness (QED) is 0.438. The number of rotatable bonds is 6. The lowest BCUT2D eigenvalue weighted by atomic mass is 10.1. The van der Waals surface area contributed by atoms with E-state index in [0.29, 0.717) is 27.7 Å². The number of aromatic amines is 1. The molecule has 0 fully saturated rings.